The number of H-pyrrole nitrogens is 1. The van der Waals surface area contributed by atoms with Gasteiger partial charge in [-0.15, -0.1) is 5.10 Å². The fourth-order valence-electron chi connectivity index (χ4n) is 1.82. The minimum absolute atomic E-state index is 0.180. The lowest BCUT2D eigenvalue weighted by molar-refractivity contribution is 0.0635. The van der Waals surface area contributed by atoms with Gasteiger partial charge >= 0.3 is 6.09 Å². The molecule has 0 bridgehead atoms. The molecule has 130 valence electrons. The van der Waals surface area contributed by atoms with Crippen LogP contribution in [0.25, 0.3) is 0 Å². The fraction of sp³-hybridized carbons (Fsp3) is 0.500. The van der Waals surface area contributed by atoms with Crippen molar-refractivity contribution in [3.8, 4) is 0 Å². The molecule has 2 rings (SSSR count). The highest BCUT2D eigenvalue weighted by Crippen LogP contribution is 2.13. The van der Waals surface area contributed by atoms with Crippen molar-refractivity contribution in [2.24, 2.45) is 7.05 Å². The minimum Gasteiger partial charge on any atom is -0.444 e. The molecular formula is C14H21N7O3. The molecule has 0 aliphatic rings. The van der Waals surface area contributed by atoms with E-state index in [0.717, 1.165) is 0 Å². The van der Waals surface area contributed by atoms with Gasteiger partial charge in [0.1, 0.15) is 17.1 Å². The first-order chi connectivity index (χ1) is 11.2. The monoisotopic (exact) mass is 335 g/mol. The zero-order chi connectivity index (χ0) is 17.9. The van der Waals surface area contributed by atoms with Crippen molar-refractivity contribution < 1.29 is 14.3 Å². The van der Waals surface area contributed by atoms with Crippen LogP contribution in [-0.4, -0.2) is 42.6 Å². The van der Waals surface area contributed by atoms with Crippen LogP contribution in [0.2, 0.25) is 0 Å². The summed E-state index contributed by atoms with van der Waals surface area (Å²) in [6.07, 6.45) is 0.0348. The van der Waals surface area contributed by atoms with Gasteiger partial charge < -0.3 is 4.74 Å². The number of hydrogen-bond donors (Lipinski definition) is 3. The molecule has 2 heterocycles. The summed E-state index contributed by atoms with van der Waals surface area (Å²) in [6, 6.07) is 1.44. The van der Waals surface area contributed by atoms with E-state index in [4.69, 9.17) is 4.74 Å². The van der Waals surface area contributed by atoms with Gasteiger partial charge in [-0.05, 0) is 20.8 Å². The third-order valence-electron chi connectivity index (χ3n) is 2.83. The number of amides is 2. The number of nitrogens with zero attached hydrogens (tertiary/aromatic N) is 4. The molecule has 0 spiro atoms. The topological polar surface area (TPSA) is 127 Å². The summed E-state index contributed by atoms with van der Waals surface area (Å²) in [5.41, 5.74) is -0.384. The van der Waals surface area contributed by atoms with Crippen LogP contribution in [0, 0.1) is 0 Å². The second-order valence-electron chi connectivity index (χ2n) is 6.08. The van der Waals surface area contributed by atoms with Gasteiger partial charge in [0.25, 0.3) is 5.91 Å². The van der Waals surface area contributed by atoms with Crippen LogP contribution in [0.3, 0.4) is 0 Å². The van der Waals surface area contributed by atoms with E-state index in [2.05, 4.69) is 30.9 Å². The number of nitrogens with one attached hydrogen (secondary N) is 3. The van der Waals surface area contributed by atoms with E-state index in [1.165, 1.54) is 10.7 Å². The number of ether oxygens (including phenoxy) is 1. The number of aryl methyl sites for hydroxylation is 2. The van der Waals surface area contributed by atoms with Gasteiger partial charge in [-0.1, -0.05) is 6.92 Å². The molecule has 0 saturated heterocycles. The van der Waals surface area contributed by atoms with Gasteiger partial charge in [0.2, 0.25) is 5.95 Å². The van der Waals surface area contributed by atoms with Crippen LogP contribution < -0.4 is 10.6 Å². The summed E-state index contributed by atoms with van der Waals surface area (Å²) in [5, 5.41) is 15.7. The summed E-state index contributed by atoms with van der Waals surface area (Å²) >= 11 is 0. The average Bonchev–Trinajstić information content (AvgIpc) is 3.03. The number of aromatic amines is 1. The summed E-state index contributed by atoms with van der Waals surface area (Å²) in [5.74, 6) is 0.618. The zero-order valence-electron chi connectivity index (χ0n) is 14.3. The van der Waals surface area contributed by atoms with Crippen LogP contribution in [0.15, 0.2) is 6.07 Å². The Labute approximate surface area is 139 Å². The van der Waals surface area contributed by atoms with Crippen molar-refractivity contribution >= 4 is 23.8 Å². The van der Waals surface area contributed by atoms with Crippen LogP contribution in [0.5, 0.6) is 0 Å². The largest absolute Gasteiger partial charge is 0.444 e. The highest BCUT2D eigenvalue weighted by atomic mass is 16.6. The Morgan fingerprint density at radius 3 is 2.62 bits per heavy atom. The van der Waals surface area contributed by atoms with Crippen molar-refractivity contribution in [1.29, 1.82) is 0 Å². The van der Waals surface area contributed by atoms with E-state index in [9.17, 15) is 9.59 Å². The van der Waals surface area contributed by atoms with Gasteiger partial charge in [-0.2, -0.15) is 10.1 Å². The molecule has 24 heavy (non-hydrogen) atoms. The Hall–Kier alpha value is -2.91. The third kappa shape index (κ3) is 4.54. The minimum atomic E-state index is -0.644. The average molecular weight is 335 g/mol. The van der Waals surface area contributed by atoms with E-state index in [1.54, 1.807) is 27.8 Å². The number of carbonyl (C=O) groups is 2. The predicted octanol–water partition coefficient (Wildman–Crippen LogP) is 1.70. The third-order valence-corrected chi connectivity index (χ3v) is 2.83. The molecule has 0 aliphatic heterocycles. The molecule has 10 nitrogen and oxygen atoms in total. The van der Waals surface area contributed by atoms with Crippen molar-refractivity contribution in [2.45, 2.75) is 39.7 Å². The SMILES string of the molecule is CCc1nc(NC(=O)c2cc(NC(=O)OC(C)(C)C)nn2C)n[nH]1. The lowest BCUT2D eigenvalue weighted by Crippen LogP contribution is -2.27. The van der Waals surface area contributed by atoms with Crippen molar-refractivity contribution in [1.82, 2.24) is 25.0 Å². The zero-order valence-corrected chi connectivity index (χ0v) is 14.3. The number of carbonyl (C=O) groups excluding carboxylic acids is 2. The highest BCUT2D eigenvalue weighted by Gasteiger charge is 2.19. The number of anilines is 2. The first-order valence-electron chi connectivity index (χ1n) is 7.44. The molecule has 2 aromatic heterocycles. The van der Waals surface area contributed by atoms with Crippen molar-refractivity contribution in [3.63, 3.8) is 0 Å². The first kappa shape index (κ1) is 17.4. The fourth-order valence-corrected chi connectivity index (χ4v) is 1.82. The molecule has 0 aromatic carbocycles. The van der Waals surface area contributed by atoms with Gasteiger partial charge in [-0.25, -0.2) is 4.79 Å². The lowest BCUT2D eigenvalue weighted by Gasteiger charge is -2.18. The molecule has 2 aromatic rings. The van der Waals surface area contributed by atoms with Gasteiger partial charge in [-0.3, -0.25) is 25.2 Å². The summed E-state index contributed by atoms with van der Waals surface area (Å²) in [6.45, 7) is 7.18. The predicted molar refractivity (Wildman–Crippen MR) is 86.8 cm³/mol. The van der Waals surface area contributed by atoms with Gasteiger partial charge in [0.15, 0.2) is 5.82 Å². The van der Waals surface area contributed by atoms with E-state index < -0.39 is 17.6 Å². The Morgan fingerprint density at radius 1 is 1.33 bits per heavy atom. The maximum absolute atomic E-state index is 12.3. The Bertz CT molecular complexity index is 742. The molecule has 0 atom stereocenters. The molecule has 2 amide bonds. The van der Waals surface area contributed by atoms with E-state index in [1.807, 2.05) is 6.92 Å². The van der Waals surface area contributed by atoms with Crippen molar-refractivity contribution in [2.75, 3.05) is 10.6 Å². The van der Waals surface area contributed by atoms with E-state index in [0.29, 0.717) is 12.2 Å². The molecule has 10 heteroatoms. The van der Waals surface area contributed by atoms with Crippen LogP contribution in [-0.2, 0) is 18.2 Å². The molecule has 0 aliphatic carbocycles. The van der Waals surface area contributed by atoms with Gasteiger partial charge in [0.05, 0.1) is 0 Å². The molecular weight excluding hydrogens is 314 g/mol. The first-order valence-corrected chi connectivity index (χ1v) is 7.44. The molecule has 0 fully saturated rings. The highest BCUT2D eigenvalue weighted by molar-refractivity contribution is 6.03. The van der Waals surface area contributed by atoms with Gasteiger partial charge in [0, 0.05) is 19.5 Å². The maximum Gasteiger partial charge on any atom is 0.413 e. The van der Waals surface area contributed by atoms with Crippen LogP contribution in [0.1, 0.15) is 44.0 Å². The molecule has 3 N–H and O–H groups in total. The van der Waals surface area contributed by atoms with Crippen molar-refractivity contribution in [3.05, 3.63) is 17.6 Å². The molecule has 0 radical (unpaired) electrons. The number of rotatable bonds is 4. The van der Waals surface area contributed by atoms with E-state index >= 15 is 0 Å². The number of aromatic nitrogens is 5. The Kier molecular flexibility index (Phi) is 4.86. The normalized spacial score (nSPS) is 11.2. The lowest BCUT2D eigenvalue weighted by atomic mass is 10.2. The summed E-state index contributed by atoms with van der Waals surface area (Å²) < 4.78 is 6.48. The second kappa shape index (κ2) is 6.69. The van der Waals surface area contributed by atoms with Crippen LogP contribution >= 0.6 is 0 Å². The standard InChI is InChI=1S/C14H21N7O3/c1-6-9-15-12(19-18-9)17-11(22)8-7-10(20-21(8)5)16-13(23)24-14(2,3)4/h7H,6H2,1-5H3,(H,16,20,23)(H2,15,17,18,19,22). The maximum atomic E-state index is 12.3. The summed E-state index contributed by atoms with van der Waals surface area (Å²) in [4.78, 5) is 28.1. The quantitative estimate of drug-likeness (QED) is 0.780. The smallest absolute Gasteiger partial charge is 0.413 e. The van der Waals surface area contributed by atoms with Crippen LogP contribution in [0.4, 0.5) is 16.6 Å². The Morgan fingerprint density at radius 2 is 2.04 bits per heavy atom. The summed E-state index contributed by atoms with van der Waals surface area (Å²) in [7, 11) is 1.59. The second-order valence-corrected chi connectivity index (χ2v) is 6.08. The number of hydrogen-bond acceptors (Lipinski definition) is 6. The Balaban J connectivity index is 2.04. The molecule has 0 saturated carbocycles. The molecule has 0 unspecified atom stereocenters. The van der Waals surface area contributed by atoms with E-state index in [-0.39, 0.29) is 17.5 Å².